The van der Waals surface area contributed by atoms with Gasteiger partial charge in [-0.2, -0.15) is 0 Å². The molecule has 1 fully saturated rings. The van der Waals surface area contributed by atoms with E-state index >= 15 is 0 Å². The topological polar surface area (TPSA) is 90.0 Å². The van der Waals surface area contributed by atoms with Gasteiger partial charge in [0.2, 0.25) is 0 Å². The molecule has 2 rings (SSSR count). The van der Waals surface area contributed by atoms with Crippen LogP contribution in [-0.2, 0) is 14.6 Å². The zero-order chi connectivity index (χ0) is 20.2. The lowest BCUT2D eigenvalue weighted by Crippen LogP contribution is -2.48. The molecule has 1 amide bonds. The number of methoxy groups -OCH3 is 1. The van der Waals surface area contributed by atoms with Crippen molar-refractivity contribution in [2.45, 2.75) is 45.7 Å². The van der Waals surface area contributed by atoms with Gasteiger partial charge in [0, 0.05) is 17.6 Å². The van der Waals surface area contributed by atoms with E-state index in [1.54, 1.807) is 23.1 Å². The average molecular weight is 397 g/mol. The normalized spacial score (nSPS) is 19.3. The monoisotopic (exact) mass is 397 g/mol. The molecule has 0 radical (unpaired) electrons. The summed E-state index contributed by atoms with van der Waals surface area (Å²) in [4.78, 5) is 25.9. The summed E-state index contributed by atoms with van der Waals surface area (Å²) in [7, 11) is -1.63. The Morgan fingerprint density at radius 3 is 2.52 bits per heavy atom. The fourth-order valence-electron chi connectivity index (χ4n) is 3.22. The summed E-state index contributed by atoms with van der Waals surface area (Å²) in [5.74, 6) is 0.484. The van der Waals surface area contributed by atoms with Crippen LogP contribution in [0.25, 0.3) is 0 Å². The Kier molecular flexibility index (Phi) is 6.86. The molecule has 1 aliphatic rings. The number of ketones is 1. The van der Waals surface area contributed by atoms with Gasteiger partial charge in [0.15, 0.2) is 33.7 Å². The Morgan fingerprint density at radius 1 is 1.30 bits per heavy atom. The summed E-state index contributed by atoms with van der Waals surface area (Å²) in [6.45, 7) is 5.10. The van der Waals surface area contributed by atoms with E-state index < -0.39 is 9.84 Å². The number of amides is 1. The fourth-order valence-corrected chi connectivity index (χ4v) is 4.93. The second-order valence-corrected chi connectivity index (χ2v) is 9.05. The van der Waals surface area contributed by atoms with Crippen LogP contribution in [0.2, 0.25) is 0 Å². The number of nitrogens with zero attached hydrogens (tertiary/aromatic N) is 1. The highest BCUT2D eigenvalue weighted by atomic mass is 32.2. The summed E-state index contributed by atoms with van der Waals surface area (Å²) < 4.78 is 34.5. The number of hydrogen-bond donors (Lipinski definition) is 0. The number of hydrogen-bond acceptors (Lipinski definition) is 6. The molecule has 1 aliphatic heterocycles. The highest BCUT2D eigenvalue weighted by Crippen LogP contribution is 2.29. The summed E-state index contributed by atoms with van der Waals surface area (Å²) in [6, 6.07) is 4.37. The highest BCUT2D eigenvalue weighted by molar-refractivity contribution is 7.91. The summed E-state index contributed by atoms with van der Waals surface area (Å²) >= 11 is 0. The third-order valence-electron chi connectivity index (χ3n) is 4.88. The summed E-state index contributed by atoms with van der Waals surface area (Å²) in [6.07, 6.45) is 1.17. The first-order chi connectivity index (χ1) is 12.7. The first-order valence-electron chi connectivity index (χ1n) is 9.01. The van der Waals surface area contributed by atoms with Crippen LogP contribution in [0.5, 0.6) is 11.5 Å². The van der Waals surface area contributed by atoms with Gasteiger partial charge in [0.25, 0.3) is 5.91 Å². The molecule has 0 aliphatic carbocycles. The highest BCUT2D eigenvalue weighted by Gasteiger charge is 2.36. The second kappa shape index (κ2) is 8.73. The third-order valence-corrected chi connectivity index (χ3v) is 6.63. The van der Waals surface area contributed by atoms with Gasteiger partial charge in [-0.1, -0.05) is 6.92 Å². The van der Waals surface area contributed by atoms with E-state index in [0.717, 1.165) is 6.42 Å². The van der Waals surface area contributed by atoms with E-state index in [0.29, 0.717) is 23.5 Å². The lowest BCUT2D eigenvalue weighted by Gasteiger charge is -2.33. The maximum atomic E-state index is 12.8. The summed E-state index contributed by atoms with van der Waals surface area (Å²) in [5, 5.41) is 0. The summed E-state index contributed by atoms with van der Waals surface area (Å²) in [5.41, 5.74) is 0.489. The molecule has 1 aromatic rings. The van der Waals surface area contributed by atoms with E-state index in [1.807, 2.05) is 13.8 Å². The minimum atomic E-state index is -3.09. The second-order valence-electron chi connectivity index (χ2n) is 6.83. The number of carbonyl (C=O) groups excluding carboxylic acids is 2. The Bertz CT molecular complexity index is 804. The van der Waals surface area contributed by atoms with Gasteiger partial charge in [-0.25, -0.2) is 8.42 Å². The molecule has 0 bridgehead atoms. The maximum absolute atomic E-state index is 12.8. The molecule has 0 unspecified atom stereocenters. The van der Waals surface area contributed by atoms with Crippen molar-refractivity contribution in [3.63, 3.8) is 0 Å². The SMILES string of the molecule is CC[C@H](C)N(C(=O)COc1ccc(C(C)=O)cc1OC)[C@@H]1CCS(=O)(=O)C1. The van der Waals surface area contributed by atoms with E-state index in [2.05, 4.69) is 0 Å². The van der Waals surface area contributed by atoms with E-state index in [9.17, 15) is 18.0 Å². The van der Waals surface area contributed by atoms with Crippen molar-refractivity contribution in [3.8, 4) is 11.5 Å². The van der Waals surface area contributed by atoms with Crippen molar-refractivity contribution < 1.29 is 27.5 Å². The van der Waals surface area contributed by atoms with Crippen molar-refractivity contribution in [2.24, 2.45) is 0 Å². The number of Topliss-reactive ketones (excluding diaryl/α,β-unsaturated/α-hetero) is 1. The van der Waals surface area contributed by atoms with Crippen molar-refractivity contribution >= 4 is 21.5 Å². The minimum Gasteiger partial charge on any atom is -0.493 e. The van der Waals surface area contributed by atoms with Crippen LogP contribution in [-0.4, -0.2) is 62.3 Å². The molecule has 7 nitrogen and oxygen atoms in total. The zero-order valence-electron chi connectivity index (χ0n) is 16.2. The third kappa shape index (κ3) is 5.22. The van der Waals surface area contributed by atoms with Crippen LogP contribution in [0, 0.1) is 0 Å². The number of ether oxygens (including phenoxy) is 2. The van der Waals surface area contributed by atoms with Crippen LogP contribution in [0.15, 0.2) is 18.2 Å². The molecule has 1 saturated heterocycles. The van der Waals surface area contributed by atoms with Crippen LogP contribution >= 0.6 is 0 Å². The lowest BCUT2D eigenvalue weighted by molar-refractivity contribution is -0.137. The maximum Gasteiger partial charge on any atom is 0.261 e. The molecule has 1 heterocycles. The van der Waals surface area contributed by atoms with Crippen molar-refractivity contribution in [1.29, 1.82) is 0 Å². The minimum absolute atomic E-state index is 0.000288. The van der Waals surface area contributed by atoms with Gasteiger partial charge in [0.1, 0.15) is 0 Å². The van der Waals surface area contributed by atoms with Crippen molar-refractivity contribution in [3.05, 3.63) is 23.8 Å². The Balaban J connectivity index is 2.13. The lowest BCUT2D eigenvalue weighted by atomic mass is 10.1. The smallest absolute Gasteiger partial charge is 0.261 e. The molecular weight excluding hydrogens is 370 g/mol. The van der Waals surface area contributed by atoms with Gasteiger partial charge in [0.05, 0.1) is 18.6 Å². The molecule has 0 spiro atoms. The molecule has 2 atom stereocenters. The van der Waals surface area contributed by atoms with E-state index in [1.165, 1.54) is 14.0 Å². The Hall–Kier alpha value is -2.09. The van der Waals surface area contributed by atoms with Gasteiger partial charge < -0.3 is 14.4 Å². The van der Waals surface area contributed by atoms with Gasteiger partial charge in [-0.3, -0.25) is 9.59 Å². The number of sulfone groups is 1. The largest absolute Gasteiger partial charge is 0.493 e. The standard InChI is InChI=1S/C19H27NO6S/c1-5-13(2)20(16-8-9-27(23,24)12-16)19(22)11-26-17-7-6-15(14(3)21)10-18(17)25-4/h6-7,10,13,16H,5,8-9,11-12H2,1-4H3/t13-,16+/m0/s1. The van der Waals surface area contributed by atoms with Crippen LogP contribution in [0.3, 0.4) is 0 Å². The molecule has 0 aromatic heterocycles. The first kappa shape index (κ1) is 21.2. The predicted octanol–water partition coefficient (Wildman–Crippen LogP) is 2.09. The molecule has 0 saturated carbocycles. The number of carbonyl (C=O) groups is 2. The molecule has 8 heteroatoms. The Labute approximate surface area is 160 Å². The van der Waals surface area contributed by atoms with E-state index in [-0.39, 0.29) is 41.9 Å². The number of benzene rings is 1. The van der Waals surface area contributed by atoms with Gasteiger partial charge in [-0.15, -0.1) is 0 Å². The molecule has 0 N–H and O–H groups in total. The van der Waals surface area contributed by atoms with Crippen molar-refractivity contribution in [2.75, 3.05) is 25.2 Å². The van der Waals surface area contributed by atoms with Crippen molar-refractivity contribution in [1.82, 2.24) is 4.90 Å². The van der Waals surface area contributed by atoms with Crippen LogP contribution in [0.4, 0.5) is 0 Å². The molecular formula is C19H27NO6S. The zero-order valence-corrected chi connectivity index (χ0v) is 17.0. The first-order valence-corrected chi connectivity index (χ1v) is 10.8. The Morgan fingerprint density at radius 2 is 2.00 bits per heavy atom. The van der Waals surface area contributed by atoms with Gasteiger partial charge in [-0.05, 0) is 44.9 Å². The average Bonchev–Trinajstić information content (AvgIpc) is 2.98. The number of rotatable bonds is 8. The quantitative estimate of drug-likeness (QED) is 0.624. The molecule has 27 heavy (non-hydrogen) atoms. The molecule has 1 aromatic carbocycles. The van der Waals surface area contributed by atoms with Crippen LogP contribution < -0.4 is 9.47 Å². The molecule has 150 valence electrons. The van der Waals surface area contributed by atoms with Crippen LogP contribution in [0.1, 0.15) is 44.0 Å². The van der Waals surface area contributed by atoms with E-state index in [4.69, 9.17) is 9.47 Å². The van der Waals surface area contributed by atoms with Gasteiger partial charge >= 0.3 is 0 Å². The predicted molar refractivity (Wildman–Crippen MR) is 102 cm³/mol. The fraction of sp³-hybridized carbons (Fsp3) is 0.579.